The summed E-state index contributed by atoms with van der Waals surface area (Å²) in [5.41, 5.74) is 4.07. The molecule has 0 amide bonds. The quantitative estimate of drug-likeness (QED) is 0.610. The Morgan fingerprint density at radius 3 is 2.57 bits per heavy atom. The summed E-state index contributed by atoms with van der Waals surface area (Å²) >= 11 is 0. The Morgan fingerprint density at radius 2 is 1.93 bits per heavy atom. The van der Waals surface area contributed by atoms with Crippen LogP contribution in [-0.2, 0) is 0 Å². The maximum absolute atomic E-state index is 2.27. The van der Waals surface area contributed by atoms with E-state index in [0.29, 0.717) is 0 Å². The largest absolute Gasteiger partial charge is 0.0839 e. The first-order valence-corrected chi connectivity index (χ1v) is 5.48. The zero-order valence-corrected chi connectivity index (χ0v) is 9.51. The number of unbranched alkanes of at least 4 members (excludes halogenated alkanes) is 2. The molecular weight excluding hydrogens is 168 g/mol. The van der Waals surface area contributed by atoms with E-state index in [1.807, 2.05) is 0 Å². The third-order valence-electron chi connectivity index (χ3n) is 2.57. The molecule has 14 heavy (non-hydrogen) atoms. The fourth-order valence-corrected chi connectivity index (χ4v) is 1.41. The van der Waals surface area contributed by atoms with Gasteiger partial charge < -0.3 is 0 Å². The van der Waals surface area contributed by atoms with E-state index < -0.39 is 0 Å². The first-order chi connectivity index (χ1) is 6.74. The van der Waals surface area contributed by atoms with Gasteiger partial charge in [0, 0.05) is 0 Å². The maximum atomic E-state index is 2.27. The second kappa shape index (κ2) is 5.64. The highest BCUT2D eigenvalue weighted by Gasteiger charge is 1.92. The van der Waals surface area contributed by atoms with Gasteiger partial charge in [-0.05, 0) is 37.0 Å². The van der Waals surface area contributed by atoms with Crippen LogP contribution in [-0.4, -0.2) is 0 Å². The van der Waals surface area contributed by atoms with Crippen molar-refractivity contribution in [1.29, 1.82) is 0 Å². The van der Waals surface area contributed by atoms with E-state index in [1.165, 1.54) is 36.0 Å². The lowest BCUT2D eigenvalue weighted by molar-refractivity contribution is 0.816. The monoisotopic (exact) mass is 188 g/mol. The Morgan fingerprint density at radius 1 is 1.14 bits per heavy atom. The molecule has 0 spiro atoms. The Hall–Kier alpha value is -1.04. The third-order valence-corrected chi connectivity index (χ3v) is 2.57. The summed E-state index contributed by atoms with van der Waals surface area (Å²) in [5, 5.41) is 0. The summed E-state index contributed by atoms with van der Waals surface area (Å²) in [4.78, 5) is 0. The van der Waals surface area contributed by atoms with Crippen molar-refractivity contribution in [3.05, 3.63) is 41.0 Å². The highest BCUT2D eigenvalue weighted by atomic mass is 14.0. The molecular formula is C14H20. The molecule has 0 heteroatoms. The summed E-state index contributed by atoms with van der Waals surface area (Å²) in [6, 6.07) is 6.62. The lowest BCUT2D eigenvalue weighted by Gasteiger charge is -2.00. The highest BCUT2D eigenvalue weighted by molar-refractivity contribution is 5.51. The van der Waals surface area contributed by atoms with Gasteiger partial charge in [-0.25, -0.2) is 0 Å². The predicted octanol–water partition coefficient (Wildman–Crippen LogP) is 4.51. The fraction of sp³-hybridized carbons (Fsp3) is 0.429. The van der Waals surface area contributed by atoms with E-state index in [1.54, 1.807) is 0 Å². The number of rotatable bonds is 4. The van der Waals surface area contributed by atoms with Crippen LogP contribution >= 0.6 is 0 Å². The molecule has 0 aliphatic rings. The van der Waals surface area contributed by atoms with E-state index in [0.717, 1.165) is 0 Å². The summed E-state index contributed by atoms with van der Waals surface area (Å²) in [6.07, 6.45) is 8.26. The van der Waals surface area contributed by atoms with Crippen LogP contribution in [0.25, 0.3) is 6.08 Å². The van der Waals surface area contributed by atoms with Crippen molar-refractivity contribution in [3.8, 4) is 0 Å². The summed E-state index contributed by atoms with van der Waals surface area (Å²) in [5.74, 6) is 0. The molecule has 0 atom stereocenters. The minimum atomic E-state index is 1.20. The number of hydrogen-bond donors (Lipinski definition) is 0. The van der Waals surface area contributed by atoms with Crippen molar-refractivity contribution < 1.29 is 0 Å². The van der Waals surface area contributed by atoms with Crippen LogP contribution in [0.2, 0.25) is 0 Å². The third kappa shape index (κ3) is 3.37. The Bertz CT molecular complexity index is 308. The van der Waals surface area contributed by atoms with Gasteiger partial charge in [0.25, 0.3) is 0 Å². The molecule has 76 valence electrons. The first-order valence-electron chi connectivity index (χ1n) is 5.48. The van der Waals surface area contributed by atoms with Crippen molar-refractivity contribution in [3.63, 3.8) is 0 Å². The van der Waals surface area contributed by atoms with Crippen LogP contribution < -0.4 is 0 Å². The number of aryl methyl sites for hydroxylation is 2. The molecule has 0 unspecified atom stereocenters. The van der Waals surface area contributed by atoms with E-state index in [2.05, 4.69) is 51.1 Å². The molecule has 0 aliphatic heterocycles. The van der Waals surface area contributed by atoms with Crippen LogP contribution in [0.5, 0.6) is 0 Å². The molecule has 1 aromatic carbocycles. The molecule has 0 saturated heterocycles. The Balaban J connectivity index is 2.59. The van der Waals surface area contributed by atoms with Gasteiger partial charge >= 0.3 is 0 Å². The van der Waals surface area contributed by atoms with Crippen LogP contribution in [0, 0.1) is 13.8 Å². The van der Waals surface area contributed by atoms with E-state index in [4.69, 9.17) is 0 Å². The van der Waals surface area contributed by atoms with E-state index in [-0.39, 0.29) is 0 Å². The molecule has 0 aliphatic carbocycles. The summed E-state index contributed by atoms with van der Waals surface area (Å²) < 4.78 is 0. The summed E-state index contributed by atoms with van der Waals surface area (Å²) in [6.45, 7) is 6.54. The van der Waals surface area contributed by atoms with Gasteiger partial charge in [0.15, 0.2) is 0 Å². The SMILES string of the molecule is CCCCC=Cc1ccc(C)c(C)c1. The van der Waals surface area contributed by atoms with Crippen LogP contribution in [0.15, 0.2) is 24.3 Å². The standard InChI is InChI=1S/C14H20/c1-4-5-6-7-8-14-10-9-12(2)13(3)11-14/h7-11H,4-6H2,1-3H3. The van der Waals surface area contributed by atoms with Gasteiger partial charge in [0.1, 0.15) is 0 Å². The minimum absolute atomic E-state index is 1.20. The molecule has 0 fully saturated rings. The molecule has 0 aromatic heterocycles. The van der Waals surface area contributed by atoms with Crippen molar-refractivity contribution in [2.75, 3.05) is 0 Å². The molecule has 0 heterocycles. The lowest BCUT2D eigenvalue weighted by atomic mass is 10.1. The molecule has 0 saturated carbocycles. The lowest BCUT2D eigenvalue weighted by Crippen LogP contribution is -1.81. The molecule has 0 bridgehead atoms. The molecule has 1 aromatic rings. The number of allylic oxidation sites excluding steroid dienone is 1. The second-order valence-corrected chi connectivity index (χ2v) is 3.89. The first kappa shape index (κ1) is 11.0. The number of benzene rings is 1. The zero-order chi connectivity index (χ0) is 10.4. The van der Waals surface area contributed by atoms with Gasteiger partial charge in [0.05, 0.1) is 0 Å². The molecule has 0 nitrogen and oxygen atoms in total. The molecule has 1 rings (SSSR count). The highest BCUT2D eigenvalue weighted by Crippen LogP contribution is 2.11. The van der Waals surface area contributed by atoms with E-state index >= 15 is 0 Å². The zero-order valence-electron chi connectivity index (χ0n) is 9.51. The maximum Gasteiger partial charge on any atom is -0.0257 e. The Kier molecular flexibility index (Phi) is 4.45. The van der Waals surface area contributed by atoms with Crippen LogP contribution in [0.1, 0.15) is 42.9 Å². The van der Waals surface area contributed by atoms with Crippen molar-refractivity contribution in [2.45, 2.75) is 40.0 Å². The normalized spacial score (nSPS) is 11.1. The van der Waals surface area contributed by atoms with Gasteiger partial charge in [0.2, 0.25) is 0 Å². The minimum Gasteiger partial charge on any atom is -0.0839 e. The van der Waals surface area contributed by atoms with Gasteiger partial charge in [-0.1, -0.05) is 50.1 Å². The smallest absolute Gasteiger partial charge is 0.0257 e. The Labute approximate surface area is 87.7 Å². The van der Waals surface area contributed by atoms with Crippen molar-refractivity contribution in [2.24, 2.45) is 0 Å². The average Bonchev–Trinajstić information content (AvgIpc) is 2.18. The van der Waals surface area contributed by atoms with Gasteiger partial charge in [-0.2, -0.15) is 0 Å². The number of hydrogen-bond acceptors (Lipinski definition) is 0. The van der Waals surface area contributed by atoms with E-state index in [9.17, 15) is 0 Å². The van der Waals surface area contributed by atoms with Crippen LogP contribution in [0.4, 0.5) is 0 Å². The van der Waals surface area contributed by atoms with Gasteiger partial charge in [-0.3, -0.25) is 0 Å². The average molecular weight is 188 g/mol. The predicted molar refractivity (Wildman–Crippen MR) is 64.5 cm³/mol. The second-order valence-electron chi connectivity index (χ2n) is 3.89. The molecule has 0 N–H and O–H groups in total. The van der Waals surface area contributed by atoms with Crippen molar-refractivity contribution >= 4 is 6.08 Å². The van der Waals surface area contributed by atoms with Crippen LogP contribution in [0.3, 0.4) is 0 Å². The topological polar surface area (TPSA) is 0 Å². The molecule has 0 radical (unpaired) electrons. The summed E-state index contributed by atoms with van der Waals surface area (Å²) in [7, 11) is 0. The fourth-order valence-electron chi connectivity index (χ4n) is 1.41. The van der Waals surface area contributed by atoms with Gasteiger partial charge in [-0.15, -0.1) is 0 Å². The van der Waals surface area contributed by atoms with Crippen molar-refractivity contribution in [1.82, 2.24) is 0 Å².